The summed E-state index contributed by atoms with van der Waals surface area (Å²) in [5, 5.41) is 2.32. The molecule has 0 radical (unpaired) electrons. The first kappa shape index (κ1) is 12.1. The second-order valence-electron chi connectivity index (χ2n) is 3.45. The van der Waals surface area contributed by atoms with Crippen molar-refractivity contribution >= 4 is 11.6 Å². The number of amides is 1. The van der Waals surface area contributed by atoms with Crippen LogP contribution >= 0.6 is 0 Å². The van der Waals surface area contributed by atoms with Gasteiger partial charge >= 0.3 is 0 Å². The molecule has 2 rings (SSSR count). The molecule has 1 amide bonds. The average molecular weight is 252 g/mol. The van der Waals surface area contributed by atoms with Crippen molar-refractivity contribution in [3.63, 3.8) is 0 Å². The van der Waals surface area contributed by atoms with Gasteiger partial charge in [0.1, 0.15) is 11.6 Å². The van der Waals surface area contributed by atoms with E-state index in [1.807, 2.05) is 0 Å². The molecule has 2 aromatic rings. The molecule has 1 heterocycles. The van der Waals surface area contributed by atoms with E-state index in [0.717, 1.165) is 24.4 Å². The highest BCUT2D eigenvalue weighted by molar-refractivity contribution is 6.04. The van der Waals surface area contributed by atoms with Gasteiger partial charge in [-0.1, -0.05) is 0 Å². The van der Waals surface area contributed by atoms with Crippen LogP contribution in [-0.4, -0.2) is 10.9 Å². The summed E-state index contributed by atoms with van der Waals surface area (Å²) in [6, 6.07) is 4.94. The Balaban J connectivity index is 2.19. The minimum absolute atomic E-state index is 0.213. The summed E-state index contributed by atoms with van der Waals surface area (Å²) in [7, 11) is 0. The Kier molecular flexibility index (Phi) is 3.27. The predicted octanol–water partition coefficient (Wildman–Crippen LogP) is 2.75. The van der Waals surface area contributed by atoms with Crippen LogP contribution < -0.4 is 5.32 Å². The molecule has 0 aliphatic carbocycles. The van der Waals surface area contributed by atoms with Gasteiger partial charge in [0.25, 0.3) is 5.91 Å². The number of pyridine rings is 1. The van der Waals surface area contributed by atoms with Gasteiger partial charge in [-0.05, 0) is 24.3 Å². The Morgan fingerprint density at radius 3 is 2.50 bits per heavy atom. The van der Waals surface area contributed by atoms with Crippen LogP contribution in [0.2, 0.25) is 0 Å². The Morgan fingerprint density at radius 2 is 1.89 bits per heavy atom. The van der Waals surface area contributed by atoms with E-state index < -0.39 is 23.5 Å². The molecule has 0 aliphatic heterocycles. The third-order valence-corrected chi connectivity index (χ3v) is 2.16. The molecule has 0 unspecified atom stereocenters. The van der Waals surface area contributed by atoms with E-state index in [-0.39, 0.29) is 11.3 Å². The maximum absolute atomic E-state index is 13.3. The number of anilines is 1. The van der Waals surface area contributed by atoms with Gasteiger partial charge in [-0.3, -0.25) is 4.79 Å². The molecule has 0 bridgehead atoms. The molecule has 0 spiro atoms. The number of nitrogens with zero attached hydrogens (tertiary/aromatic N) is 1. The van der Waals surface area contributed by atoms with Gasteiger partial charge in [0.05, 0.1) is 17.4 Å². The fourth-order valence-corrected chi connectivity index (χ4v) is 1.32. The zero-order valence-corrected chi connectivity index (χ0v) is 8.95. The monoisotopic (exact) mass is 252 g/mol. The van der Waals surface area contributed by atoms with Crippen molar-refractivity contribution in [2.75, 3.05) is 5.32 Å². The SMILES string of the molecule is O=C(Nc1ccc(F)nc1)c1ccc(F)cc1F. The normalized spacial score (nSPS) is 10.2. The molecule has 0 fully saturated rings. The number of hydrogen-bond acceptors (Lipinski definition) is 2. The maximum Gasteiger partial charge on any atom is 0.258 e. The summed E-state index contributed by atoms with van der Waals surface area (Å²) < 4.78 is 38.5. The second kappa shape index (κ2) is 4.87. The third kappa shape index (κ3) is 2.65. The number of hydrogen-bond donors (Lipinski definition) is 1. The van der Waals surface area contributed by atoms with Crippen LogP contribution in [0.5, 0.6) is 0 Å². The van der Waals surface area contributed by atoms with Crippen LogP contribution in [0, 0.1) is 17.6 Å². The highest BCUT2D eigenvalue weighted by atomic mass is 19.1. The van der Waals surface area contributed by atoms with Crippen molar-refractivity contribution in [2.24, 2.45) is 0 Å². The fourth-order valence-electron chi connectivity index (χ4n) is 1.32. The number of nitrogens with one attached hydrogen (secondary N) is 1. The Labute approximate surface area is 100 Å². The predicted molar refractivity (Wildman–Crippen MR) is 58.5 cm³/mol. The minimum Gasteiger partial charge on any atom is -0.320 e. The van der Waals surface area contributed by atoms with Gasteiger partial charge < -0.3 is 5.32 Å². The van der Waals surface area contributed by atoms with Gasteiger partial charge in [-0.15, -0.1) is 0 Å². The van der Waals surface area contributed by atoms with E-state index >= 15 is 0 Å². The molecule has 0 saturated heterocycles. The summed E-state index contributed by atoms with van der Waals surface area (Å²) in [6.07, 6.45) is 1.09. The van der Waals surface area contributed by atoms with Gasteiger partial charge in [0, 0.05) is 6.07 Å². The summed E-state index contributed by atoms with van der Waals surface area (Å²) in [5.41, 5.74) is -0.0918. The summed E-state index contributed by atoms with van der Waals surface area (Å²) in [5.74, 6) is -3.20. The minimum atomic E-state index is -0.970. The Morgan fingerprint density at radius 1 is 1.11 bits per heavy atom. The summed E-state index contributed by atoms with van der Waals surface area (Å²) in [4.78, 5) is 15.0. The lowest BCUT2D eigenvalue weighted by atomic mass is 10.2. The van der Waals surface area contributed by atoms with Crippen LogP contribution in [0.1, 0.15) is 10.4 Å². The van der Waals surface area contributed by atoms with Crippen molar-refractivity contribution in [2.45, 2.75) is 0 Å². The van der Waals surface area contributed by atoms with Crippen LogP contribution in [0.4, 0.5) is 18.9 Å². The molecule has 0 aliphatic rings. The van der Waals surface area contributed by atoms with E-state index in [1.54, 1.807) is 0 Å². The molecule has 18 heavy (non-hydrogen) atoms. The van der Waals surface area contributed by atoms with Crippen LogP contribution in [0.15, 0.2) is 36.5 Å². The molecule has 1 N–H and O–H groups in total. The molecular formula is C12H7F3N2O. The van der Waals surface area contributed by atoms with Gasteiger partial charge in [0.2, 0.25) is 5.95 Å². The van der Waals surface area contributed by atoms with Crippen molar-refractivity contribution < 1.29 is 18.0 Å². The largest absolute Gasteiger partial charge is 0.320 e. The zero-order valence-electron chi connectivity index (χ0n) is 8.95. The van der Waals surface area contributed by atoms with E-state index in [2.05, 4.69) is 10.3 Å². The average Bonchev–Trinajstić information content (AvgIpc) is 2.32. The van der Waals surface area contributed by atoms with Gasteiger partial charge in [0.15, 0.2) is 0 Å². The molecule has 1 aromatic heterocycles. The van der Waals surface area contributed by atoms with Crippen LogP contribution in [0.3, 0.4) is 0 Å². The maximum atomic E-state index is 13.3. The number of rotatable bonds is 2. The van der Waals surface area contributed by atoms with Crippen molar-refractivity contribution in [1.29, 1.82) is 0 Å². The van der Waals surface area contributed by atoms with E-state index in [9.17, 15) is 18.0 Å². The topological polar surface area (TPSA) is 42.0 Å². The van der Waals surface area contributed by atoms with Crippen LogP contribution in [-0.2, 0) is 0 Å². The lowest BCUT2D eigenvalue weighted by Crippen LogP contribution is -2.14. The Hall–Kier alpha value is -2.37. The number of carbonyl (C=O) groups excluding carboxylic acids is 1. The van der Waals surface area contributed by atoms with Gasteiger partial charge in [-0.2, -0.15) is 4.39 Å². The quantitative estimate of drug-likeness (QED) is 0.835. The van der Waals surface area contributed by atoms with E-state index in [4.69, 9.17) is 0 Å². The number of benzene rings is 1. The highest BCUT2D eigenvalue weighted by Gasteiger charge is 2.12. The molecule has 92 valence electrons. The summed E-state index contributed by atoms with van der Waals surface area (Å²) in [6.45, 7) is 0. The van der Waals surface area contributed by atoms with Gasteiger partial charge in [-0.25, -0.2) is 13.8 Å². The van der Waals surface area contributed by atoms with Crippen molar-refractivity contribution in [3.05, 3.63) is 59.7 Å². The smallest absolute Gasteiger partial charge is 0.258 e. The van der Waals surface area contributed by atoms with Crippen molar-refractivity contribution in [1.82, 2.24) is 4.98 Å². The van der Waals surface area contributed by atoms with E-state index in [1.165, 1.54) is 6.07 Å². The highest BCUT2D eigenvalue weighted by Crippen LogP contribution is 2.12. The lowest BCUT2D eigenvalue weighted by Gasteiger charge is -2.05. The molecule has 3 nitrogen and oxygen atoms in total. The molecular weight excluding hydrogens is 245 g/mol. The van der Waals surface area contributed by atoms with Crippen molar-refractivity contribution in [3.8, 4) is 0 Å². The first-order valence-electron chi connectivity index (χ1n) is 4.94. The molecule has 6 heteroatoms. The molecule has 0 atom stereocenters. The molecule has 0 saturated carbocycles. The summed E-state index contributed by atoms with van der Waals surface area (Å²) >= 11 is 0. The fraction of sp³-hybridized carbons (Fsp3) is 0. The van der Waals surface area contributed by atoms with E-state index in [0.29, 0.717) is 6.07 Å². The lowest BCUT2D eigenvalue weighted by molar-refractivity contribution is 0.102. The zero-order chi connectivity index (χ0) is 13.1. The Bertz CT molecular complexity index is 584. The number of carbonyl (C=O) groups is 1. The number of halogens is 3. The first-order chi connectivity index (χ1) is 8.56. The first-order valence-corrected chi connectivity index (χ1v) is 4.94. The second-order valence-corrected chi connectivity index (χ2v) is 3.45. The van der Waals surface area contributed by atoms with Crippen LogP contribution in [0.25, 0.3) is 0 Å². The standard InChI is InChI=1S/C12H7F3N2O/c13-7-1-3-9(10(14)5-7)12(18)17-8-2-4-11(15)16-6-8/h1-6H,(H,17,18). The number of aromatic nitrogens is 1. The third-order valence-electron chi connectivity index (χ3n) is 2.16. The molecule has 1 aromatic carbocycles.